The topological polar surface area (TPSA) is 55.8 Å². The first-order valence-corrected chi connectivity index (χ1v) is 6.51. The average molecular weight is 257 g/mol. The molecule has 0 spiro atoms. The second-order valence-corrected chi connectivity index (χ2v) is 5.01. The van der Waals surface area contributed by atoms with Crippen molar-refractivity contribution in [2.75, 3.05) is 26.8 Å². The van der Waals surface area contributed by atoms with Gasteiger partial charge < -0.3 is 14.4 Å². The SMILES string of the molecule is COC(=O)CCN(CC(C)C)C(=O)C1CCCO1. The van der Waals surface area contributed by atoms with E-state index < -0.39 is 0 Å². The van der Waals surface area contributed by atoms with Gasteiger partial charge in [0.1, 0.15) is 6.10 Å². The fourth-order valence-corrected chi connectivity index (χ4v) is 2.04. The molecular weight excluding hydrogens is 234 g/mol. The van der Waals surface area contributed by atoms with E-state index >= 15 is 0 Å². The van der Waals surface area contributed by atoms with Crippen molar-refractivity contribution in [1.29, 1.82) is 0 Å². The Balaban J connectivity index is 2.53. The summed E-state index contributed by atoms with van der Waals surface area (Å²) in [5.41, 5.74) is 0. The Kier molecular flexibility index (Phi) is 6.12. The summed E-state index contributed by atoms with van der Waals surface area (Å²) in [6.07, 6.45) is 1.64. The molecule has 18 heavy (non-hydrogen) atoms. The minimum Gasteiger partial charge on any atom is -0.469 e. The van der Waals surface area contributed by atoms with E-state index in [2.05, 4.69) is 4.74 Å². The average Bonchev–Trinajstić information content (AvgIpc) is 2.86. The summed E-state index contributed by atoms with van der Waals surface area (Å²) < 4.78 is 10.0. The van der Waals surface area contributed by atoms with Crippen LogP contribution in [0.2, 0.25) is 0 Å². The summed E-state index contributed by atoms with van der Waals surface area (Å²) in [5.74, 6) is 0.0852. The number of rotatable bonds is 6. The molecule has 1 atom stereocenters. The molecule has 0 bridgehead atoms. The van der Waals surface area contributed by atoms with Gasteiger partial charge in [-0.25, -0.2) is 0 Å². The monoisotopic (exact) mass is 257 g/mol. The minimum absolute atomic E-state index is 0.00473. The summed E-state index contributed by atoms with van der Waals surface area (Å²) in [6.45, 7) is 5.81. The maximum Gasteiger partial charge on any atom is 0.307 e. The lowest BCUT2D eigenvalue weighted by molar-refractivity contribution is -0.144. The van der Waals surface area contributed by atoms with Crippen LogP contribution in [0.4, 0.5) is 0 Å². The van der Waals surface area contributed by atoms with Gasteiger partial charge in [0.25, 0.3) is 5.91 Å². The number of ether oxygens (including phenoxy) is 2. The fraction of sp³-hybridized carbons (Fsp3) is 0.846. The van der Waals surface area contributed by atoms with Crippen LogP contribution in [-0.2, 0) is 19.1 Å². The molecule has 0 radical (unpaired) electrons. The Hall–Kier alpha value is -1.10. The van der Waals surface area contributed by atoms with Crippen molar-refractivity contribution in [1.82, 2.24) is 4.90 Å². The predicted octanol–water partition coefficient (Wildman–Crippen LogP) is 1.21. The van der Waals surface area contributed by atoms with Gasteiger partial charge >= 0.3 is 5.97 Å². The molecule has 1 saturated heterocycles. The molecule has 1 fully saturated rings. The maximum atomic E-state index is 12.2. The number of amides is 1. The minimum atomic E-state index is -0.318. The van der Waals surface area contributed by atoms with Gasteiger partial charge in [0.2, 0.25) is 0 Å². The van der Waals surface area contributed by atoms with Crippen molar-refractivity contribution in [2.45, 2.75) is 39.2 Å². The van der Waals surface area contributed by atoms with Crippen molar-refractivity contribution >= 4 is 11.9 Å². The Bertz CT molecular complexity index is 285. The third kappa shape index (κ3) is 4.64. The number of nitrogens with zero attached hydrogens (tertiary/aromatic N) is 1. The van der Waals surface area contributed by atoms with Crippen LogP contribution < -0.4 is 0 Å². The summed E-state index contributed by atoms with van der Waals surface area (Å²) in [6, 6.07) is 0. The molecule has 0 N–H and O–H groups in total. The Morgan fingerprint density at radius 3 is 2.67 bits per heavy atom. The van der Waals surface area contributed by atoms with E-state index in [1.807, 2.05) is 13.8 Å². The predicted molar refractivity (Wildman–Crippen MR) is 67.0 cm³/mol. The van der Waals surface area contributed by atoms with E-state index in [-0.39, 0.29) is 24.4 Å². The zero-order valence-electron chi connectivity index (χ0n) is 11.5. The highest BCUT2D eigenvalue weighted by Gasteiger charge is 2.28. The normalized spacial score (nSPS) is 19.0. The molecule has 0 aromatic carbocycles. The third-order valence-corrected chi connectivity index (χ3v) is 2.92. The second kappa shape index (κ2) is 7.36. The number of esters is 1. The number of hydrogen-bond acceptors (Lipinski definition) is 4. The van der Waals surface area contributed by atoms with E-state index in [0.717, 1.165) is 12.8 Å². The van der Waals surface area contributed by atoms with Crippen molar-refractivity contribution in [3.8, 4) is 0 Å². The lowest BCUT2D eigenvalue weighted by Gasteiger charge is -2.26. The zero-order chi connectivity index (χ0) is 13.5. The summed E-state index contributed by atoms with van der Waals surface area (Å²) in [5, 5.41) is 0. The van der Waals surface area contributed by atoms with E-state index in [9.17, 15) is 9.59 Å². The molecule has 1 unspecified atom stereocenters. The van der Waals surface area contributed by atoms with Crippen LogP contribution >= 0.6 is 0 Å². The Morgan fingerprint density at radius 2 is 2.17 bits per heavy atom. The zero-order valence-corrected chi connectivity index (χ0v) is 11.5. The molecule has 0 aliphatic carbocycles. The van der Waals surface area contributed by atoms with Crippen LogP contribution in [-0.4, -0.2) is 49.7 Å². The first-order chi connectivity index (χ1) is 8.54. The molecule has 1 rings (SSSR count). The van der Waals surface area contributed by atoms with Crippen molar-refractivity contribution < 1.29 is 19.1 Å². The van der Waals surface area contributed by atoms with Gasteiger partial charge in [0.15, 0.2) is 0 Å². The van der Waals surface area contributed by atoms with Crippen LogP contribution in [0.15, 0.2) is 0 Å². The van der Waals surface area contributed by atoms with Gasteiger partial charge in [-0.1, -0.05) is 13.8 Å². The largest absolute Gasteiger partial charge is 0.469 e. The molecule has 1 aliphatic heterocycles. The molecule has 1 aliphatic rings. The van der Waals surface area contributed by atoms with E-state index in [1.54, 1.807) is 4.90 Å². The van der Waals surface area contributed by atoms with Crippen LogP contribution in [0.1, 0.15) is 33.1 Å². The molecule has 1 heterocycles. The van der Waals surface area contributed by atoms with Gasteiger partial charge in [0.05, 0.1) is 13.5 Å². The highest BCUT2D eigenvalue weighted by Crippen LogP contribution is 2.16. The molecule has 5 nitrogen and oxygen atoms in total. The first kappa shape index (κ1) is 15.0. The Labute approximate surface area is 108 Å². The molecular formula is C13H23NO4. The third-order valence-electron chi connectivity index (χ3n) is 2.92. The summed E-state index contributed by atoms with van der Waals surface area (Å²) in [4.78, 5) is 25.1. The van der Waals surface area contributed by atoms with Gasteiger partial charge in [0, 0.05) is 19.7 Å². The van der Waals surface area contributed by atoms with Crippen LogP contribution in [0.25, 0.3) is 0 Å². The molecule has 0 aromatic rings. The van der Waals surface area contributed by atoms with Crippen LogP contribution in [0.3, 0.4) is 0 Å². The number of hydrogen-bond donors (Lipinski definition) is 0. The quantitative estimate of drug-likeness (QED) is 0.671. The van der Waals surface area contributed by atoms with Gasteiger partial charge in [-0.05, 0) is 18.8 Å². The van der Waals surface area contributed by atoms with E-state index in [0.29, 0.717) is 25.6 Å². The lowest BCUT2D eigenvalue weighted by atomic mass is 10.1. The van der Waals surface area contributed by atoms with E-state index in [4.69, 9.17) is 4.74 Å². The summed E-state index contributed by atoms with van der Waals surface area (Å²) in [7, 11) is 1.36. The molecule has 0 aromatic heterocycles. The second-order valence-electron chi connectivity index (χ2n) is 5.01. The maximum absolute atomic E-state index is 12.2. The van der Waals surface area contributed by atoms with Crippen molar-refractivity contribution in [3.05, 3.63) is 0 Å². The molecule has 104 valence electrons. The van der Waals surface area contributed by atoms with Crippen molar-refractivity contribution in [3.63, 3.8) is 0 Å². The van der Waals surface area contributed by atoms with E-state index in [1.165, 1.54) is 7.11 Å². The molecule has 5 heteroatoms. The smallest absolute Gasteiger partial charge is 0.307 e. The van der Waals surface area contributed by atoms with Crippen LogP contribution in [0.5, 0.6) is 0 Å². The molecule has 0 saturated carbocycles. The van der Waals surface area contributed by atoms with Gasteiger partial charge in [-0.2, -0.15) is 0 Å². The Morgan fingerprint density at radius 1 is 1.44 bits per heavy atom. The van der Waals surface area contributed by atoms with Crippen molar-refractivity contribution in [2.24, 2.45) is 5.92 Å². The number of methoxy groups -OCH3 is 1. The number of carbonyl (C=O) groups excluding carboxylic acids is 2. The number of carbonyl (C=O) groups is 2. The lowest BCUT2D eigenvalue weighted by Crippen LogP contribution is -2.42. The highest BCUT2D eigenvalue weighted by molar-refractivity contribution is 5.81. The standard InChI is InChI=1S/C13H23NO4/c1-10(2)9-14(7-6-12(15)17-3)13(16)11-5-4-8-18-11/h10-11H,4-9H2,1-3H3. The first-order valence-electron chi connectivity index (χ1n) is 6.51. The van der Waals surface area contributed by atoms with Crippen LogP contribution in [0, 0.1) is 5.92 Å². The van der Waals surface area contributed by atoms with Gasteiger partial charge in [-0.15, -0.1) is 0 Å². The highest BCUT2D eigenvalue weighted by atomic mass is 16.5. The molecule has 1 amide bonds. The van der Waals surface area contributed by atoms with Gasteiger partial charge in [-0.3, -0.25) is 9.59 Å². The fourth-order valence-electron chi connectivity index (χ4n) is 2.04. The summed E-state index contributed by atoms with van der Waals surface area (Å²) >= 11 is 0.